The van der Waals surface area contributed by atoms with Gasteiger partial charge in [0.05, 0.1) is 12.2 Å². The molecule has 3 saturated carbocycles. The molecule has 6 fully saturated rings. The minimum Gasteiger partial charge on any atom is -0.490 e. The summed E-state index contributed by atoms with van der Waals surface area (Å²) >= 11 is 0. The van der Waals surface area contributed by atoms with Crippen LogP contribution in [0.4, 0.5) is 0 Å². The second-order valence-corrected chi connectivity index (χ2v) is 15.4. The summed E-state index contributed by atoms with van der Waals surface area (Å²) in [5.74, 6) is 0.404. The van der Waals surface area contributed by atoms with Crippen molar-refractivity contribution in [1.29, 1.82) is 0 Å². The van der Waals surface area contributed by atoms with Crippen LogP contribution in [0.3, 0.4) is 0 Å². The topological polar surface area (TPSA) is 183 Å². The van der Waals surface area contributed by atoms with Crippen LogP contribution >= 0.6 is 0 Å². The van der Waals surface area contributed by atoms with Crippen molar-refractivity contribution in [3.63, 3.8) is 0 Å². The summed E-state index contributed by atoms with van der Waals surface area (Å²) in [6, 6.07) is 8.08. The first kappa shape index (κ1) is 43.8. The Morgan fingerprint density at radius 2 is 1.18 bits per heavy atom. The number of ether oxygens (including phenoxy) is 7. The maximum atomic E-state index is 10.9. The lowest BCUT2D eigenvalue weighted by Crippen LogP contribution is -2.36. The fourth-order valence-corrected chi connectivity index (χ4v) is 7.92. The molecule has 55 heavy (non-hydrogen) atoms. The Bertz CT molecular complexity index is 1570. The second kappa shape index (κ2) is 18.4. The molecule has 3 saturated heterocycles. The molecule has 6 aliphatic rings. The van der Waals surface area contributed by atoms with E-state index in [9.17, 15) is 24.6 Å². The molecular weight excluding hydrogens is 712 g/mol. The van der Waals surface area contributed by atoms with E-state index in [2.05, 4.69) is 33.6 Å². The summed E-state index contributed by atoms with van der Waals surface area (Å²) in [5, 5.41) is 19.4. The average molecular weight is 771 g/mol. The number of benzene rings is 1. The Hall–Kier alpha value is -3.88. The second-order valence-electron chi connectivity index (χ2n) is 15.4. The van der Waals surface area contributed by atoms with Gasteiger partial charge < -0.3 is 48.2 Å². The molecule has 3 heterocycles. The number of esters is 3. The van der Waals surface area contributed by atoms with Crippen LogP contribution in [0.1, 0.15) is 84.6 Å². The van der Waals surface area contributed by atoms with Crippen molar-refractivity contribution >= 4 is 24.7 Å². The third-order valence-corrected chi connectivity index (χ3v) is 11.1. The molecule has 3 spiro atoms. The lowest BCUT2D eigenvalue weighted by Gasteiger charge is -2.31. The van der Waals surface area contributed by atoms with Crippen molar-refractivity contribution in [3.05, 3.63) is 66.3 Å². The Balaban J connectivity index is 0.000000184. The molecule has 3 aliphatic heterocycles. The van der Waals surface area contributed by atoms with E-state index in [-0.39, 0.29) is 67.2 Å². The molecule has 13 heteroatoms. The van der Waals surface area contributed by atoms with Crippen LogP contribution in [0.2, 0.25) is 0 Å². The third kappa shape index (κ3) is 10.9. The summed E-state index contributed by atoms with van der Waals surface area (Å²) in [4.78, 5) is 40.3. The zero-order valence-electron chi connectivity index (χ0n) is 32.8. The van der Waals surface area contributed by atoms with Crippen LogP contribution in [-0.2, 0) is 47.6 Å². The monoisotopic (exact) mass is 770 g/mol. The largest absolute Gasteiger partial charge is 0.490 e. The van der Waals surface area contributed by atoms with E-state index < -0.39 is 17.3 Å². The lowest BCUT2D eigenvalue weighted by atomic mass is 9.75. The highest BCUT2D eigenvalue weighted by atomic mass is 16.7. The minimum atomic E-state index is -0.494. The van der Waals surface area contributed by atoms with Crippen LogP contribution < -0.4 is 4.74 Å². The minimum absolute atomic E-state index is 0.0756. The van der Waals surface area contributed by atoms with Crippen molar-refractivity contribution in [3.8, 4) is 5.75 Å². The quantitative estimate of drug-likeness (QED) is 0.159. The van der Waals surface area contributed by atoms with E-state index in [4.69, 9.17) is 38.0 Å². The van der Waals surface area contributed by atoms with Gasteiger partial charge in [-0.05, 0) is 80.2 Å². The van der Waals surface area contributed by atoms with E-state index >= 15 is 0 Å². The number of aliphatic hydroxyl groups is 2. The first-order valence-corrected chi connectivity index (χ1v) is 18.9. The van der Waals surface area contributed by atoms with Gasteiger partial charge in [-0.25, -0.2) is 0 Å². The first-order chi connectivity index (χ1) is 26.0. The maximum absolute atomic E-state index is 10.9. The molecule has 0 radical (unpaired) electrons. The van der Waals surface area contributed by atoms with Gasteiger partial charge in [-0.15, -0.1) is 0 Å². The van der Waals surface area contributed by atoms with Gasteiger partial charge in [0, 0.05) is 33.6 Å². The van der Waals surface area contributed by atoms with E-state index in [1.807, 2.05) is 31.1 Å². The summed E-state index contributed by atoms with van der Waals surface area (Å²) in [6.07, 6.45) is 5.30. The fourth-order valence-electron chi connectivity index (χ4n) is 7.92. The van der Waals surface area contributed by atoms with Gasteiger partial charge in [-0.3, -0.25) is 14.4 Å². The Morgan fingerprint density at radius 1 is 0.727 bits per heavy atom. The SMILES string of the molecule is C=C1C(O)C[C@@H](C)CC12OC2COC(C)=O.C=C1CCC(O)CC12OC2COC(C)=O.C=C1CCC(Oc2ccc(C)cc2)CC12OC2COC(C)=O.C=O. The number of hydrogen-bond acceptors (Lipinski definition) is 13. The predicted octanol–water partition coefficient (Wildman–Crippen LogP) is 4.82. The van der Waals surface area contributed by atoms with E-state index in [1.165, 1.54) is 26.3 Å². The smallest absolute Gasteiger partial charge is 0.302 e. The van der Waals surface area contributed by atoms with Crippen LogP contribution in [0, 0.1) is 12.8 Å². The van der Waals surface area contributed by atoms with Crippen LogP contribution in [0.25, 0.3) is 0 Å². The first-order valence-electron chi connectivity index (χ1n) is 18.9. The zero-order valence-corrected chi connectivity index (χ0v) is 32.8. The molecular formula is C42H58O13. The summed E-state index contributed by atoms with van der Waals surface area (Å²) in [6.45, 7) is 23.1. The van der Waals surface area contributed by atoms with Crippen LogP contribution in [0.5, 0.6) is 5.75 Å². The Labute approximate surface area is 324 Å². The number of epoxide rings is 3. The highest BCUT2D eigenvalue weighted by Crippen LogP contribution is 2.53. The van der Waals surface area contributed by atoms with Gasteiger partial charge in [0.1, 0.15) is 73.6 Å². The number of rotatable bonds is 8. The van der Waals surface area contributed by atoms with Crippen molar-refractivity contribution in [2.24, 2.45) is 5.92 Å². The van der Waals surface area contributed by atoms with Crippen LogP contribution in [-0.4, -0.2) is 108 Å². The Morgan fingerprint density at radius 3 is 1.69 bits per heavy atom. The van der Waals surface area contributed by atoms with Gasteiger partial charge in [-0.1, -0.05) is 44.4 Å². The number of aryl methyl sites for hydroxylation is 1. The molecule has 3 aliphatic carbocycles. The molecule has 304 valence electrons. The predicted molar refractivity (Wildman–Crippen MR) is 201 cm³/mol. The van der Waals surface area contributed by atoms with Gasteiger partial charge in [0.25, 0.3) is 0 Å². The molecule has 0 amide bonds. The van der Waals surface area contributed by atoms with Crippen molar-refractivity contribution in [2.45, 2.75) is 139 Å². The summed E-state index contributed by atoms with van der Waals surface area (Å²) in [5.41, 5.74) is 2.86. The van der Waals surface area contributed by atoms with Gasteiger partial charge in [0.15, 0.2) is 0 Å². The maximum Gasteiger partial charge on any atom is 0.302 e. The molecule has 2 N–H and O–H groups in total. The lowest BCUT2D eigenvalue weighted by molar-refractivity contribution is -0.142. The number of carbonyl (C=O) groups excluding carboxylic acids is 4. The highest BCUT2D eigenvalue weighted by Gasteiger charge is 2.63. The molecule has 9 unspecified atom stereocenters. The number of aliphatic hydroxyl groups excluding tert-OH is 2. The fraction of sp³-hybridized carbons (Fsp3) is 0.619. The van der Waals surface area contributed by atoms with Gasteiger partial charge in [-0.2, -0.15) is 0 Å². The van der Waals surface area contributed by atoms with Crippen molar-refractivity contribution < 1.29 is 62.5 Å². The highest BCUT2D eigenvalue weighted by molar-refractivity contribution is 5.66. The summed E-state index contributed by atoms with van der Waals surface area (Å²) < 4.78 is 37.9. The normalized spacial score (nSPS) is 35.1. The number of carbonyl (C=O) groups is 4. The number of hydrogen-bond donors (Lipinski definition) is 2. The molecule has 7 rings (SSSR count). The third-order valence-electron chi connectivity index (χ3n) is 11.1. The molecule has 0 bridgehead atoms. The van der Waals surface area contributed by atoms with Crippen LogP contribution in [0.15, 0.2) is 60.7 Å². The molecule has 13 nitrogen and oxygen atoms in total. The Kier molecular flexibility index (Phi) is 14.6. The van der Waals surface area contributed by atoms with Crippen molar-refractivity contribution in [1.82, 2.24) is 0 Å². The molecule has 0 aromatic heterocycles. The zero-order chi connectivity index (χ0) is 40.7. The standard InChI is InChI=1S/C18H22O4.C12H18O4.C11H16O4.CH2O/c1-12-4-7-15(8-5-12)21-16-9-6-13(2)18(10-16)17(22-18)11-20-14(3)19;1-7-4-10(14)8(2)12(5-7)11(16-12)6-15-9(3)13;1-7-3-4-9(13)5-11(7)10(15-11)6-14-8(2)12;1-2/h4-5,7-8,16-17H,2,6,9-11H2,1,3H3;7,10-11,14H,2,4-6H2,1,3H3;9-10,13H,1,3-6H2,2H3;1H2/t;7-,10?,11?,12?;;/m.1../s1. The van der Waals surface area contributed by atoms with Gasteiger partial charge in [0.2, 0.25) is 0 Å². The molecule has 1 aromatic carbocycles. The average Bonchev–Trinajstić information content (AvgIpc) is 4.09. The molecule has 10 atom stereocenters. The van der Waals surface area contributed by atoms with E-state index in [0.717, 1.165) is 67.4 Å². The van der Waals surface area contributed by atoms with E-state index in [0.29, 0.717) is 18.9 Å². The van der Waals surface area contributed by atoms with Crippen molar-refractivity contribution in [2.75, 3.05) is 19.8 Å². The molecule has 1 aromatic rings. The summed E-state index contributed by atoms with van der Waals surface area (Å²) in [7, 11) is 0. The van der Waals surface area contributed by atoms with E-state index in [1.54, 1.807) is 0 Å². The van der Waals surface area contributed by atoms with Gasteiger partial charge >= 0.3 is 17.9 Å².